The maximum absolute atomic E-state index is 13.2. The number of benzene rings is 1. The number of allylic oxidation sites excluding steroid dienone is 1. The first-order valence-corrected chi connectivity index (χ1v) is 15.0. The Morgan fingerprint density at radius 2 is 1.66 bits per heavy atom. The Morgan fingerprint density at radius 1 is 0.886 bits per heavy atom. The van der Waals surface area contributed by atoms with Crippen LogP contribution in [0.15, 0.2) is 41.5 Å². The first-order chi connectivity index (χ1) is 16.7. The highest BCUT2D eigenvalue weighted by molar-refractivity contribution is 5.97. The fraction of sp³-hybridized carbons (Fsp3) is 0.735. The molecule has 0 aliphatic heterocycles. The van der Waals surface area contributed by atoms with Gasteiger partial charge < -0.3 is 0 Å². The van der Waals surface area contributed by atoms with Gasteiger partial charge in [0.05, 0.1) is 0 Å². The maximum Gasteiger partial charge on any atom is 0.159 e. The zero-order valence-electron chi connectivity index (χ0n) is 23.2. The van der Waals surface area contributed by atoms with Gasteiger partial charge in [-0.15, -0.1) is 0 Å². The van der Waals surface area contributed by atoms with Gasteiger partial charge in [-0.1, -0.05) is 89.8 Å². The van der Waals surface area contributed by atoms with Crippen LogP contribution in [0.2, 0.25) is 0 Å². The van der Waals surface area contributed by atoms with E-state index < -0.39 is 0 Å². The van der Waals surface area contributed by atoms with E-state index in [2.05, 4.69) is 65.0 Å². The molecule has 1 heteroatoms. The predicted octanol–water partition coefficient (Wildman–Crippen LogP) is 9.21. The van der Waals surface area contributed by atoms with Gasteiger partial charge >= 0.3 is 0 Å². The molecule has 0 amide bonds. The number of carbonyl (C=O) groups is 1. The van der Waals surface area contributed by atoms with E-state index in [-0.39, 0.29) is 5.41 Å². The topological polar surface area (TPSA) is 17.1 Å². The highest BCUT2D eigenvalue weighted by Crippen LogP contribution is 2.68. The Hall–Kier alpha value is -1.37. The van der Waals surface area contributed by atoms with Crippen molar-refractivity contribution in [2.75, 3.05) is 0 Å². The number of Topliss-reactive ketones (excluding diaryl/α,β-unsaturated/α-hetero) is 1. The van der Waals surface area contributed by atoms with Gasteiger partial charge in [0.2, 0.25) is 0 Å². The van der Waals surface area contributed by atoms with Crippen LogP contribution < -0.4 is 0 Å². The zero-order chi connectivity index (χ0) is 24.8. The standard InChI is InChI=1S/C34H50O/c1-23(2)10-9-11-24(3)28-16-17-29-26-14-15-30-27(22-25-12-7-6-8-13-25)32(35)19-21-34(30,5)31(26)18-20-33(28,29)4/h6-8,12-13,23-24,26,28-29,31H,9-11,14-22H2,1-5H3/t24-,26+,28-,29+,31+,33-,34+/m1/s1. The smallest absolute Gasteiger partial charge is 0.159 e. The van der Waals surface area contributed by atoms with Crippen molar-refractivity contribution in [1.82, 2.24) is 0 Å². The molecule has 0 bridgehead atoms. The third-order valence-corrected chi connectivity index (χ3v) is 11.7. The average molecular weight is 475 g/mol. The number of carbonyl (C=O) groups excluding carboxylic acids is 1. The summed E-state index contributed by atoms with van der Waals surface area (Å²) in [4.78, 5) is 13.2. The molecule has 4 aliphatic rings. The molecule has 4 aliphatic carbocycles. The SMILES string of the molecule is CC(C)CCC[C@@H](C)[C@H]1CC[C@H]2[C@@H]3CCC4=C(Cc5ccccc5)C(=O)CC[C@]4(C)[C@H]3CC[C@]12C. The summed E-state index contributed by atoms with van der Waals surface area (Å²) in [7, 11) is 0. The normalized spacial score (nSPS) is 37.7. The minimum absolute atomic E-state index is 0.253. The average Bonchev–Trinajstić information content (AvgIpc) is 3.19. The molecule has 7 atom stereocenters. The molecule has 0 spiro atoms. The van der Waals surface area contributed by atoms with E-state index in [1.54, 1.807) is 5.57 Å². The van der Waals surface area contributed by atoms with Crippen LogP contribution in [0, 0.1) is 46.3 Å². The third-order valence-electron chi connectivity index (χ3n) is 11.7. The first kappa shape index (κ1) is 25.3. The van der Waals surface area contributed by atoms with Crippen LogP contribution in [-0.2, 0) is 11.2 Å². The van der Waals surface area contributed by atoms with Crippen molar-refractivity contribution in [3.05, 3.63) is 47.0 Å². The van der Waals surface area contributed by atoms with Crippen LogP contribution in [0.5, 0.6) is 0 Å². The molecule has 192 valence electrons. The third kappa shape index (κ3) is 4.48. The van der Waals surface area contributed by atoms with Crippen LogP contribution >= 0.6 is 0 Å². The molecule has 0 unspecified atom stereocenters. The van der Waals surface area contributed by atoms with Gasteiger partial charge in [0.15, 0.2) is 5.78 Å². The number of rotatable bonds is 7. The molecule has 0 saturated heterocycles. The molecule has 0 aromatic heterocycles. The zero-order valence-corrected chi connectivity index (χ0v) is 23.2. The molecular formula is C34H50O. The summed E-state index contributed by atoms with van der Waals surface area (Å²) in [6, 6.07) is 10.7. The molecule has 0 heterocycles. The molecule has 0 N–H and O–H groups in total. The Bertz CT molecular complexity index is 941. The molecular weight excluding hydrogens is 424 g/mol. The molecule has 1 aromatic rings. The monoisotopic (exact) mass is 474 g/mol. The van der Waals surface area contributed by atoms with E-state index in [4.69, 9.17) is 0 Å². The predicted molar refractivity (Wildman–Crippen MR) is 147 cm³/mol. The lowest BCUT2D eigenvalue weighted by Crippen LogP contribution is -2.51. The van der Waals surface area contributed by atoms with Crippen LogP contribution in [0.1, 0.15) is 111 Å². The van der Waals surface area contributed by atoms with Gasteiger partial charge in [0, 0.05) is 12.8 Å². The number of hydrogen-bond acceptors (Lipinski definition) is 1. The lowest BCUT2D eigenvalue weighted by Gasteiger charge is -2.59. The molecule has 3 fully saturated rings. The highest BCUT2D eigenvalue weighted by atomic mass is 16.1. The Kier molecular flexibility index (Phi) is 7.10. The van der Waals surface area contributed by atoms with Crippen LogP contribution in [-0.4, -0.2) is 5.78 Å². The molecule has 5 rings (SSSR count). The van der Waals surface area contributed by atoms with E-state index in [0.29, 0.717) is 11.2 Å². The van der Waals surface area contributed by atoms with Gasteiger partial charge in [0.1, 0.15) is 0 Å². The van der Waals surface area contributed by atoms with Crippen molar-refractivity contribution in [1.29, 1.82) is 0 Å². The number of ketones is 1. The summed E-state index contributed by atoms with van der Waals surface area (Å²) in [5.74, 6) is 5.65. The van der Waals surface area contributed by atoms with E-state index in [1.165, 1.54) is 68.9 Å². The number of fused-ring (bicyclic) bond motifs is 5. The largest absolute Gasteiger partial charge is 0.295 e. The summed E-state index contributed by atoms with van der Waals surface area (Å²) in [6.07, 6.45) is 15.2. The van der Waals surface area contributed by atoms with Crippen molar-refractivity contribution in [3.8, 4) is 0 Å². The first-order valence-electron chi connectivity index (χ1n) is 15.0. The van der Waals surface area contributed by atoms with Crippen molar-refractivity contribution in [2.24, 2.45) is 46.3 Å². The summed E-state index contributed by atoms with van der Waals surface area (Å²) in [6.45, 7) is 12.6. The summed E-state index contributed by atoms with van der Waals surface area (Å²) < 4.78 is 0. The van der Waals surface area contributed by atoms with Crippen LogP contribution in [0.4, 0.5) is 0 Å². The van der Waals surface area contributed by atoms with Crippen molar-refractivity contribution in [3.63, 3.8) is 0 Å². The molecule has 1 aromatic carbocycles. The van der Waals surface area contributed by atoms with Gasteiger partial charge in [-0.05, 0) is 102 Å². The van der Waals surface area contributed by atoms with Gasteiger partial charge in [-0.25, -0.2) is 0 Å². The Labute approximate surface area is 215 Å². The minimum atomic E-state index is 0.253. The van der Waals surface area contributed by atoms with E-state index in [0.717, 1.165) is 54.8 Å². The molecule has 3 saturated carbocycles. The van der Waals surface area contributed by atoms with Crippen LogP contribution in [0.25, 0.3) is 0 Å². The molecule has 0 radical (unpaired) electrons. The minimum Gasteiger partial charge on any atom is -0.295 e. The van der Waals surface area contributed by atoms with E-state index >= 15 is 0 Å². The van der Waals surface area contributed by atoms with E-state index in [1.807, 2.05) is 0 Å². The number of hydrogen-bond donors (Lipinski definition) is 0. The van der Waals surface area contributed by atoms with E-state index in [9.17, 15) is 4.79 Å². The second kappa shape index (κ2) is 9.83. The van der Waals surface area contributed by atoms with Gasteiger partial charge in [0.25, 0.3) is 0 Å². The molecule has 35 heavy (non-hydrogen) atoms. The van der Waals surface area contributed by atoms with Crippen LogP contribution in [0.3, 0.4) is 0 Å². The lowest BCUT2D eigenvalue weighted by molar-refractivity contribution is -0.119. The lowest BCUT2D eigenvalue weighted by atomic mass is 9.45. The van der Waals surface area contributed by atoms with Gasteiger partial charge in [-0.2, -0.15) is 0 Å². The maximum atomic E-state index is 13.2. The quantitative estimate of drug-likeness (QED) is 0.385. The summed E-state index contributed by atoms with van der Waals surface area (Å²) in [5, 5.41) is 0. The summed E-state index contributed by atoms with van der Waals surface area (Å²) >= 11 is 0. The van der Waals surface area contributed by atoms with Crippen molar-refractivity contribution >= 4 is 5.78 Å². The van der Waals surface area contributed by atoms with Crippen molar-refractivity contribution < 1.29 is 4.79 Å². The fourth-order valence-electron chi connectivity index (χ4n) is 9.86. The summed E-state index contributed by atoms with van der Waals surface area (Å²) in [5.41, 5.74) is 4.87. The second-order valence-electron chi connectivity index (χ2n) is 13.9. The Morgan fingerprint density at radius 3 is 2.40 bits per heavy atom. The molecule has 1 nitrogen and oxygen atoms in total. The Balaban J connectivity index is 1.36. The van der Waals surface area contributed by atoms with Gasteiger partial charge in [-0.3, -0.25) is 4.79 Å². The highest BCUT2D eigenvalue weighted by Gasteiger charge is 2.59. The van der Waals surface area contributed by atoms with Crippen molar-refractivity contribution in [2.45, 2.75) is 112 Å². The fourth-order valence-corrected chi connectivity index (χ4v) is 9.86. The second-order valence-corrected chi connectivity index (χ2v) is 13.9.